The van der Waals surface area contributed by atoms with Crippen molar-refractivity contribution in [3.63, 3.8) is 0 Å². The van der Waals surface area contributed by atoms with Gasteiger partial charge in [-0.05, 0) is 41.7 Å². The quantitative estimate of drug-likeness (QED) is 0.525. The zero-order valence-electron chi connectivity index (χ0n) is 21.3. The molecule has 10 heteroatoms. The summed E-state index contributed by atoms with van der Waals surface area (Å²) in [5, 5.41) is 1.03. The van der Waals surface area contributed by atoms with Crippen LogP contribution in [-0.4, -0.2) is 91.1 Å². The molecule has 2 aromatic carbocycles. The molecule has 0 bridgehead atoms. The first kappa shape index (κ1) is 24.0. The number of carbonyl (C=O) groups excluding carboxylic acids is 3. The summed E-state index contributed by atoms with van der Waals surface area (Å²) in [6, 6.07) is 16.0. The Morgan fingerprint density at radius 2 is 1.66 bits per heavy atom. The van der Waals surface area contributed by atoms with E-state index in [-0.39, 0.29) is 31.0 Å². The number of rotatable bonds is 4. The Kier molecular flexibility index (Phi) is 5.81. The van der Waals surface area contributed by atoms with Crippen molar-refractivity contribution in [3.05, 3.63) is 60.4 Å². The van der Waals surface area contributed by atoms with E-state index in [2.05, 4.69) is 6.07 Å². The molecule has 38 heavy (non-hydrogen) atoms. The minimum atomic E-state index is -1.00. The van der Waals surface area contributed by atoms with Crippen molar-refractivity contribution in [2.75, 3.05) is 46.9 Å². The molecule has 2 saturated heterocycles. The molecule has 0 aliphatic carbocycles. The number of furan rings is 1. The molecular weight excluding hydrogens is 488 g/mol. The fraction of sp³-hybridized carbons (Fsp3) is 0.357. The smallest absolute Gasteiger partial charge is 0.409 e. The molecule has 1 atom stereocenters. The maximum absolute atomic E-state index is 13.7. The zero-order valence-corrected chi connectivity index (χ0v) is 21.3. The molecule has 3 aliphatic heterocycles. The lowest BCUT2D eigenvalue weighted by Crippen LogP contribution is -2.66. The highest BCUT2D eigenvalue weighted by molar-refractivity contribution is 6.16. The average molecular weight is 517 g/mol. The van der Waals surface area contributed by atoms with Crippen LogP contribution in [0.1, 0.15) is 12.0 Å². The van der Waals surface area contributed by atoms with Gasteiger partial charge < -0.3 is 23.7 Å². The maximum atomic E-state index is 13.7. The molecule has 0 radical (unpaired) electrons. The summed E-state index contributed by atoms with van der Waals surface area (Å²) in [5.41, 5.74) is 2.75. The second kappa shape index (κ2) is 9.20. The lowest BCUT2D eigenvalue weighted by Gasteiger charge is -2.43. The van der Waals surface area contributed by atoms with Crippen LogP contribution in [0.4, 0.5) is 9.59 Å². The maximum Gasteiger partial charge on any atom is 0.409 e. The molecule has 0 N–H and O–H groups in total. The van der Waals surface area contributed by atoms with Crippen LogP contribution in [0.15, 0.2) is 64.2 Å². The number of nitrogens with zero attached hydrogens (tertiary/aromatic N) is 4. The van der Waals surface area contributed by atoms with E-state index >= 15 is 0 Å². The fourth-order valence-electron chi connectivity index (χ4n) is 5.59. The summed E-state index contributed by atoms with van der Waals surface area (Å²) in [6.45, 7) is 1.90. The van der Waals surface area contributed by atoms with Crippen molar-refractivity contribution in [1.82, 2.24) is 14.7 Å². The van der Waals surface area contributed by atoms with Crippen LogP contribution in [0, 0.1) is 5.92 Å². The summed E-state index contributed by atoms with van der Waals surface area (Å²) in [6.07, 6.45) is 1.61. The Labute approximate surface area is 219 Å². The number of amides is 3. The molecule has 1 spiro atoms. The molecular formula is C28H28N4O6. The molecule has 0 unspecified atom stereocenters. The lowest BCUT2D eigenvalue weighted by atomic mass is 9.90. The first-order valence-electron chi connectivity index (χ1n) is 12.6. The zero-order chi connectivity index (χ0) is 26.4. The van der Waals surface area contributed by atoms with Crippen LogP contribution in [0.2, 0.25) is 0 Å². The third-order valence-corrected chi connectivity index (χ3v) is 7.64. The minimum absolute atomic E-state index is 0.0937. The Balaban J connectivity index is 1.27. The second-order valence-corrected chi connectivity index (χ2v) is 10.0. The van der Waals surface area contributed by atoms with Crippen molar-refractivity contribution < 1.29 is 28.3 Å². The van der Waals surface area contributed by atoms with E-state index in [1.807, 2.05) is 42.5 Å². The van der Waals surface area contributed by atoms with Crippen LogP contribution in [0.5, 0.6) is 0 Å². The largest absolute Gasteiger partial charge is 0.464 e. The van der Waals surface area contributed by atoms with E-state index in [0.29, 0.717) is 25.5 Å². The fourth-order valence-corrected chi connectivity index (χ4v) is 5.59. The molecule has 6 rings (SSSR count). The van der Waals surface area contributed by atoms with E-state index < -0.39 is 11.6 Å². The summed E-state index contributed by atoms with van der Waals surface area (Å²) in [5.74, 6) is 0.558. The molecule has 2 fully saturated rings. The molecule has 0 saturated carbocycles. The third-order valence-electron chi connectivity index (χ3n) is 7.64. The summed E-state index contributed by atoms with van der Waals surface area (Å²) in [4.78, 5) is 47.5. The van der Waals surface area contributed by atoms with Gasteiger partial charge in [-0.3, -0.25) is 9.69 Å². The Morgan fingerprint density at radius 3 is 2.39 bits per heavy atom. The van der Waals surface area contributed by atoms with Gasteiger partial charge in [-0.1, -0.05) is 30.3 Å². The van der Waals surface area contributed by atoms with Gasteiger partial charge in [0, 0.05) is 30.6 Å². The first-order valence-corrected chi connectivity index (χ1v) is 12.6. The number of fused-ring (bicyclic) bond motifs is 1. The highest BCUT2D eigenvalue weighted by Gasteiger charge is 2.58. The number of hydrogen-bond acceptors (Lipinski definition) is 7. The minimum Gasteiger partial charge on any atom is -0.464 e. The number of hydrogen-bond donors (Lipinski definition) is 0. The van der Waals surface area contributed by atoms with Crippen LogP contribution < -0.4 is 0 Å². The Morgan fingerprint density at radius 1 is 0.974 bits per heavy atom. The number of methoxy groups -OCH3 is 2. The lowest BCUT2D eigenvalue weighted by molar-refractivity contribution is -0.136. The van der Waals surface area contributed by atoms with E-state index in [9.17, 15) is 14.4 Å². The highest BCUT2D eigenvalue weighted by atomic mass is 16.5. The highest BCUT2D eigenvalue weighted by Crippen LogP contribution is 2.36. The number of likely N-dealkylation sites (tertiary alicyclic amines) is 2. The summed E-state index contributed by atoms with van der Waals surface area (Å²) in [7, 11) is 2.69. The van der Waals surface area contributed by atoms with Gasteiger partial charge >= 0.3 is 12.2 Å². The van der Waals surface area contributed by atoms with E-state index in [0.717, 1.165) is 34.1 Å². The van der Waals surface area contributed by atoms with Gasteiger partial charge in [-0.2, -0.15) is 0 Å². The van der Waals surface area contributed by atoms with Crippen LogP contribution in [-0.2, 0) is 14.3 Å². The third kappa shape index (κ3) is 3.96. The summed E-state index contributed by atoms with van der Waals surface area (Å²) >= 11 is 0. The van der Waals surface area contributed by atoms with Crippen LogP contribution in [0.3, 0.4) is 0 Å². The number of amidine groups is 1. The van der Waals surface area contributed by atoms with Crippen LogP contribution in [0.25, 0.3) is 22.1 Å². The second-order valence-electron chi connectivity index (χ2n) is 10.0. The molecule has 3 aromatic rings. The topological polar surface area (TPSA) is 105 Å². The van der Waals surface area contributed by atoms with E-state index in [4.69, 9.17) is 18.9 Å². The van der Waals surface area contributed by atoms with Crippen molar-refractivity contribution in [2.24, 2.45) is 10.9 Å². The predicted molar refractivity (Wildman–Crippen MR) is 139 cm³/mol. The van der Waals surface area contributed by atoms with E-state index in [1.165, 1.54) is 19.1 Å². The molecule has 10 nitrogen and oxygen atoms in total. The number of ether oxygens (including phenoxy) is 2. The number of carbonyl (C=O) groups is 3. The SMILES string of the molecule is COC(=O)N1CC[C@@H](CN2C(=O)C3(CN(C(=O)OC)C3)N=C2c2ccc(-c3ccc4occc4c3)cc2)C1. The first-order chi connectivity index (χ1) is 18.4. The van der Waals surface area contributed by atoms with Gasteiger partial charge in [0.1, 0.15) is 11.4 Å². The summed E-state index contributed by atoms with van der Waals surface area (Å²) < 4.78 is 15.1. The molecule has 3 aliphatic rings. The van der Waals surface area contributed by atoms with Crippen molar-refractivity contribution >= 4 is 34.9 Å². The normalized spacial score (nSPS) is 20.2. The van der Waals surface area contributed by atoms with Crippen molar-refractivity contribution in [2.45, 2.75) is 12.0 Å². The number of aliphatic imine (C=N–C) groups is 1. The molecule has 3 amide bonds. The van der Waals surface area contributed by atoms with Gasteiger partial charge in [0.25, 0.3) is 5.91 Å². The molecule has 4 heterocycles. The van der Waals surface area contributed by atoms with Gasteiger partial charge in [0.15, 0.2) is 5.54 Å². The van der Waals surface area contributed by atoms with Gasteiger partial charge in [0.2, 0.25) is 0 Å². The van der Waals surface area contributed by atoms with Gasteiger partial charge in [0.05, 0.1) is 33.6 Å². The van der Waals surface area contributed by atoms with Crippen molar-refractivity contribution in [3.8, 4) is 11.1 Å². The standard InChI is InChI=1S/C28H28N4O6/c1-36-26(34)30-11-9-18(14-30)15-32-24(29-28(25(32)33)16-31(17-28)27(35)37-2)20-5-3-19(4-6-20)21-7-8-23-22(13-21)10-12-38-23/h3-8,10,12-13,18H,9,11,14-17H2,1-2H3/t18-/m1/s1. The molecule has 1 aromatic heterocycles. The van der Waals surface area contributed by atoms with Crippen molar-refractivity contribution in [1.29, 1.82) is 0 Å². The molecule has 196 valence electrons. The predicted octanol–water partition coefficient (Wildman–Crippen LogP) is 3.60. The van der Waals surface area contributed by atoms with Gasteiger partial charge in [-0.15, -0.1) is 0 Å². The van der Waals surface area contributed by atoms with E-state index in [1.54, 1.807) is 16.1 Å². The Hall–Kier alpha value is -4.34. The number of benzene rings is 2. The van der Waals surface area contributed by atoms with Gasteiger partial charge in [-0.25, -0.2) is 14.6 Å². The monoisotopic (exact) mass is 516 g/mol. The Bertz CT molecular complexity index is 1440. The van der Waals surface area contributed by atoms with Crippen LogP contribution >= 0.6 is 0 Å². The average Bonchev–Trinajstić information content (AvgIpc) is 3.65.